The van der Waals surface area contributed by atoms with Gasteiger partial charge in [0.2, 0.25) is 0 Å². The molecule has 1 aromatic rings. The van der Waals surface area contributed by atoms with Gasteiger partial charge in [-0.05, 0) is 25.0 Å². The maximum atomic E-state index is 12.2. The number of ketones is 1. The molecule has 1 aliphatic rings. The van der Waals surface area contributed by atoms with Crippen molar-refractivity contribution in [3.8, 4) is 0 Å². The van der Waals surface area contributed by atoms with Gasteiger partial charge in [-0.1, -0.05) is 25.1 Å². The Morgan fingerprint density at radius 3 is 2.74 bits per heavy atom. The number of urea groups is 1. The molecule has 0 aliphatic carbocycles. The smallest absolute Gasteiger partial charge is 0.321 e. The number of nitrogens with zero attached hydrogens (tertiary/aromatic N) is 1. The van der Waals surface area contributed by atoms with Gasteiger partial charge in [0.25, 0.3) is 0 Å². The van der Waals surface area contributed by atoms with Gasteiger partial charge in [-0.2, -0.15) is 0 Å². The normalized spacial score (nSPS) is 20.6. The molecule has 102 valence electrons. The summed E-state index contributed by atoms with van der Waals surface area (Å²) in [6, 6.07) is 9.36. The van der Waals surface area contributed by atoms with E-state index in [1.54, 1.807) is 4.90 Å². The molecule has 2 rings (SSSR count). The molecule has 1 unspecified atom stereocenters. The zero-order valence-electron chi connectivity index (χ0n) is 11.3. The standard InChI is InChI=1S/C15H20N2O2/c1-12-9-11-17(10-5-8-14(12)18)15(19)16-13-6-3-2-4-7-13/h2-4,6-7,12H,5,8-11H2,1H3,(H,16,19). The van der Waals surface area contributed by atoms with Crippen LogP contribution in [0.4, 0.5) is 10.5 Å². The summed E-state index contributed by atoms with van der Waals surface area (Å²) in [5.41, 5.74) is 0.804. The van der Waals surface area contributed by atoms with E-state index in [1.807, 2.05) is 37.3 Å². The molecule has 1 fully saturated rings. The van der Waals surface area contributed by atoms with Gasteiger partial charge in [0.15, 0.2) is 0 Å². The number of para-hydroxylation sites is 1. The van der Waals surface area contributed by atoms with Gasteiger partial charge >= 0.3 is 6.03 Å². The molecule has 0 radical (unpaired) electrons. The lowest BCUT2D eigenvalue weighted by atomic mass is 9.97. The number of amides is 2. The Balaban J connectivity index is 1.93. The number of Topliss-reactive ketones (excluding diaryl/α,β-unsaturated/α-hetero) is 1. The minimum Gasteiger partial charge on any atom is -0.324 e. The van der Waals surface area contributed by atoms with E-state index in [0.29, 0.717) is 25.3 Å². The maximum Gasteiger partial charge on any atom is 0.321 e. The molecule has 1 N–H and O–H groups in total. The Kier molecular flexibility index (Phi) is 4.55. The lowest BCUT2D eigenvalue weighted by Gasteiger charge is -2.26. The van der Waals surface area contributed by atoms with Gasteiger partial charge in [-0.25, -0.2) is 4.79 Å². The third-order valence-electron chi connectivity index (χ3n) is 3.55. The molecule has 0 spiro atoms. The molecule has 0 saturated carbocycles. The molecule has 1 heterocycles. The van der Waals surface area contributed by atoms with Crippen LogP contribution in [0.15, 0.2) is 30.3 Å². The fourth-order valence-electron chi connectivity index (χ4n) is 2.24. The predicted octanol–water partition coefficient (Wildman–Crippen LogP) is 2.91. The van der Waals surface area contributed by atoms with Gasteiger partial charge in [0.1, 0.15) is 5.78 Å². The van der Waals surface area contributed by atoms with Gasteiger partial charge in [-0.15, -0.1) is 0 Å². The summed E-state index contributed by atoms with van der Waals surface area (Å²) in [4.78, 5) is 25.6. The number of hydrogen-bond acceptors (Lipinski definition) is 2. The van der Waals surface area contributed by atoms with Crippen molar-refractivity contribution in [2.75, 3.05) is 18.4 Å². The van der Waals surface area contributed by atoms with E-state index >= 15 is 0 Å². The van der Waals surface area contributed by atoms with Gasteiger partial charge in [-0.3, -0.25) is 4.79 Å². The second kappa shape index (κ2) is 6.36. The average molecular weight is 260 g/mol. The van der Waals surface area contributed by atoms with Crippen LogP contribution in [0, 0.1) is 5.92 Å². The number of likely N-dealkylation sites (tertiary alicyclic amines) is 1. The minimum atomic E-state index is -0.0762. The van der Waals surface area contributed by atoms with Crippen molar-refractivity contribution in [1.82, 2.24) is 4.90 Å². The first-order valence-corrected chi connectivity index (χ1v) is 6.80. The van der Waals surface area contributed by atoms with Crippen LogP contribution in [0.25, 0.3) is 0 Å². The number of anilines is 1. The van der Waals surface area contributed by atoms with E-state index in [1.165, 1.54) is 0 Å². The first-order valence-electron chi connectivity index (χ1n) is 6.80. The van der Waals surface area contributed by atoms with E-state index in [4.69, 9.17) is 0 Å². The number of carbonyl (C=O) groups excluding carboxylic acids is 2. The Labute approximate surface area is 113 Å². The Bertz CT molecular complexity index is 445. The first-order chi connectivity index (χ1) is 9.16. The van der Waals surface area contributed by atoms with Crippen LogP contribution in [-0.4, -0.2) is 29.8 Å². The van der Waals surface area contributed by atoms with Crippen LogP contribution >= 0.6 is 0 Å². The first kappa shape index (κ1) is 13.6. The highest BCUT2D eigenvalue weighted by Crippen LogP contribution is 2.15. The average Bonchev–Trinajstić information content (AvgIpc) is 2.41. The van der Waals surface area contributed by atoms with Gasteiger partial charge < -0.3 is 10.2 Å². The molecule has 2 amide bonds. The molecule has 0 bridgehead atoms. The summed E-state index contributed by atoms with van der Waals surface area (Å²) in [6.45, 7) is 3.24. The molecule has 1 saturated heterocycles. The Hall–Kier alpha value is -1.84. The van der Waals surface area contributed by atoms with E-state index < -0.39 is 0 Å². The number of nitrogens with one attached hydrogen (secondary N) is 1. The predicted molar refractivity (Wildman–Crippen MR) is 75.1 cm³/mol. The van der Waals surface area contributed by atoms with E-state index in [9.17, 15) is 9.59 Å². The quantitative estimate of drug-likeness (QED) is 0.844. The van der Waals surface area contributed by atoms with Crippen LogP contribution in [0.5, 0.6) is 0 Å². The van der Waals surface area contributed by atoms with Crippen molar-refractivity contribution < 1.29 is 9.59 Å². The highest BCUT2D eigenvalue weighted by Gasteiger charge is 2.21. The lowest BCUT2D eigenvalue weighted by Crippen LogP contribution is -2.39. The highest BCUT2D eigenvalue weighted by atomic mass is 16.2. The molecule has 1 aromatic carbocycles. The molecule has 4 heteroatoms. The molecule has 19 heavy (non-hydrogen) atoms. The summed E-state index contributed by atoms with van der Waals surface area (Å²) in [7, 11) is 0. The van der Waals surface area contributed by atoms with Crippen LogP contribution in [0.3, 0.4) is 0 Å². The van der Waals surface area contributed by atoms with E-state index in [2.05, 4.69) is 5.32 Å². The second-order valence-electron chi connectivity index (χ2n) is 5.04. The van der Waals surface area contributed by atoms with Crippen LogP contribution in [0.2, 0.25) is 0 Å². The molecule has 0 aromatic heterocycles. The van der Waals surface area contributed by atoms with Crippen molar-refractivity contribution in [1.29, 1.82) is 0 Å². The van der Waals surface area contributed by atoms with Gasteiger partial charge in [0.05, 0.1) is 0 Å². The van der Waals surface area contributed by atoms with Crippen molar-refractivity contribution in [3.05, 3.63) is 30.3 Å². The molecular formula is C15H20N2O2. The van der Waals surface area contributed by atoms with E-state index in [0.717, 1.165) is 18.5 Å². The number of rotatable bonds is 1. The summed E-state index contributed by atoms with van der Waals surface area (Å²) < 4.78 is 0. The molecular weight excluding hydrogens is 240 g/mol. The van der Waals surface area contributed by atoms with Crippen molar-refractivity contribution >= 4 is 17.5 Å². The third-order valence-corrected chi connectivity index (χ3v) is 3.55. The molecule has 1 aliphatic heterocycles. The Morgan fingerprint density at radius 2 is 2.00 bits per heavy atom. The van der Waals surface area contributed by atoms with Crippen LogP contribution in [0.1, 0.15) is 26.2 Å². The number of hydrogen-bond donors (Lipinski definition) is 1. The summed E-state index contributed by atoms with van der Waals surface area (Å²) in [6.07, 6.45) is 2.09. The second-order valence-corrected chi connectivity index (χ2v) is 5.04. The SMILES string of the molecule is CC1CCN(C(=O)Nc2ccccc2)CCCC1=O. The fraction of sp³-hybridized carbons (Fsp3) is 0.467. The zero-order valence-corrected chi connectivity index (χ0v) is 11.3. The lowest BCUT2D eigenvalue weighted by molar-refractivity contribution is -0.123. The molecule has 1 atom stereocenters. The van der Waals surface area contributed by atoms with Crippen molar-refractivity contribution in [3.63, 3.8) is 0 Å². The zero-order chi connectivity index (χ0) is 13.7. The number of carbonyl (C=O) groups is 2. The fourth-order valence-corrected chi connectivity index (χ4v) is 2.24. The third kappa shape index (κ3) is 3.81. The summed E-state index contributed by atoms with van der Waals surface area (Å²) in [5, 5.41) is 2.89. The van der Waals surface area contributed by atoms with Crippen molar-refractivity contribution in [2.45, 2.75) is 26.2 Å². The minimum absolute atomic E-state index is 0.0623. The summed E-state index contributed by atoms with van der Waals surface area (Å²) in [5.74, 6) is 0.385. The highest BCUT2D eigenvalue weighted by molar-refractivity contribution is 5.89. The Morgan fingerprint density at radius 1 is 1.26 bits per heavy atom. The monoisotopic (exact) mass is 260 g/mol. The maximum absolute atomic E-state index is 12.2. The van der Waals surface area contributed by atoms with Crippen LogP contribution in [-0.2, 0) is 4.79 Å². The van der Waals surface area contributed by atoms with Crippen molar-refractivity contribution in [2.24, 2.45) is 5.92 Å². The molecule has 4 nitrogen and oxygen atoms in total. The largest absolute Gasteiger partial charge is 0.324 e. The summed E-state index contributed by atoms with van der Waals surface area (Å²) >= 11 is 0. The van der Waals surface area contributed by atoms with E-state index in [-0.39, 0.29) is 11.9 Å². The number of benzene rings is 1. The topological polar surface area (TPSA) is 49.4 Å². The van der Waals surface area contributed by atoms with Gasteiger partial charge in [0, 0.05) is 31.1 Å². The van der Waals surface area contributed by atoms with Crippen LogP contribution < -0.4 is 5.32 Å².